The molecule has 0 aliphatic carbocycles. The zero-order valence-corrected chi connectivity index (χ0v) is 11.1. The van der Waals surface area contributed by atoms with E-state index in [2.05, 4.69) is 42.0 Å². The smallest absolute Gasteiger partial charge is 0.138 e. The molecular formula is C12H18BrNO. The van der Waals surface area contributed by atoms with E-state index in [4.69, 9.17) is 4.42 Å². The van der Waals surface area contributed by atoms with Gasteiger partial charge in [0.25, 0.3) is 0 Å². The molecular weight excluding hydrogens is 254 g/mol. The quantitative estimate of drug-likeness (QED) is 0.843. The summed E-state index contributed by atoms with van der Waals surface area (Å²) in [5, 5.41) is 3.63. The van der Waals surface area contributed by atoms with Crippen LogP contribution >= 0.6 is 15.9 Å². The second-order valence-electron chi connectivity index (χ2n) is 5.28. The summed E-state index contributed by atoms with van der Waals surface area (Å²) in [6.45, 7) is 7.87. The second-order valence-corrected chi connectivity index (χ2v) is 6.14. The third kappa shape index (κ3) is 1.66. The van der Waals surface area contributed by atoms with Gasteiger partial charge in [-0.15, -0.1) is 0 Å². The van der Waals surface area contributed by atoms with Crippen LogP contribution in [0.2, 0.25) is 0 Å². The highest BCUT2D eigenvalue weighted by Gasteiger charge is 2.48. The molecule has 1 N–H and O–H groups in total. The van der Waals surface area contributed by atoms with Crippen LogP contribution in [0.15, 0.2) is 21.2 Å². The number of hydrogen-bond acceptors (Lipinski definition) is 2. The molecule has 2 rings (SSSR count). The van der Waals surface area contributed by atoms with Gasteiger partial charge in [-0.3, -0.25) is 0 Å². The van der Waals surface area contributed by atoms with Gasteiger partial charge in [0.05, 0.1) is 16.3 Å². The lowest BCUT2D eigenvalue weighted by molar-refractivity contribution is 0.129. The monoisotopic (exact) mass is 271 g/mol. The maximum atomic E-state index is 5.67. The van der Waals surface area contributed by atoms with Gasteiger partial charge >= 0.3 is 0 Å². The molecule has 0 radical (unpaired) electrons. The van der Waals surface area contributed by atoms with Crippen LogP contribution < -0.4 is 5.32 Å². The summed E-state index contributed by atoms with van der Waals surface area (Å²) in [5.41, 5.74) is 0.138. The van der Waals surface area contributed by atoms with E-state index in [1.165, 1.54) is 6.42 Å². The normalized spacial score (nSPS) is 27.2. The SMILES string of the molecule is CC(C)(C)C1(c2occc2Br)CCCN1. The Morgan fingerprint density at radius 2 is 2.20 bits per heavy atom. The van der Waals surface area contributed by atoms with Crippen molar-refractivity contribution in [3.8, 4) is 0 Å². The van der Waals surface area contributed by atoms with Crippen molar-refractivity contribution in [1.29, 1.82) is 0 Å². The van der Waals surface area contributed by atoms with Crippen LogP contribution in [0.1, 0.15) is 39.4 Å². The van der Waals surface area contributed by atoms with E-state index in [9.17, 15) is 0 Å². The number of nitrogens with one attached hydrogen (secondary N) is 1. The van der Waals surface area contributed by atoms with E-state index in [1.54, 1.807) is 6.26 Å². The fourth-order valence-electron chi connectivity index (χ4n) is 2.52. The number of furan rings is 1. The van der Waals surface area contributed by atoms with E-state index >= 15 is 0 Å². The van der Waals surface area contributed by atoms with Crippen LogP contribution in [0, 0.1) is 5.41 Å². The molecule has 0 saturated carbocycles. The molecule has 1 aliphatic rings. The van der Waals surface area contributed by atoms with Crippen LogP contribution in [-0.2, 0) is 5.54 Å². The van der Waals surface area contributed by atoms with Crippen molar-refractivity contribution in [2.24, 2.45) is 5.41 Å². The van der Waals surface area contributed by atoms with E-state index in [-0.39, 0.29) is 11.0 Å². The van der Waals surface area contributed by atoms with Crippen molar-refractivity contribution in [2.75, 3.05) is 6.54 Å². The van der Waals surface area contributed by atoms with Gasteiger partial charge in [0.15, 0.2) is 0 Å². The Morgan fingerprint density at radius 3 is 2.60 bits per heavy atom. The van der Waals surface area contributed by atoms with Gasteiger partial charge in [-0.05, 0) is 46.8 Å². The summed E-state index contributed by atoms with van der Waals surface area (Å²) in [7, 11) is 0. The standard InChI is InChI=1S/C12H18BrNO/c1-11(2,3)12(6-4-7-14-12)10-9(13)5-8-15-10/h5,8,14H,4,6-7H2,1-3H3. The van der Waals surface area contributed by atoms with Crippen LogP contribution in [-0.4, -0.2) is 6.54 Å². The summed E-state index contributed by atoms with van der Waals surface area (Å²) in [6, 6.07) is 1.98. The fourth-order valence-corrected chi connectivity index (χ4v) is 3.06. The number of rotatable bonds is 1. The molecule has 1 atom stereocenters. The van der Waals surface area contributed by atoms with Crippen molar-refractivity contribution >= 4 is 15.9 Å². The van der Waals surface area contributed by atoms with E-state index in [0.29, 0.717) is 0 Å². The zero-order chi connectivity index (χ0) is 11.1. The summed E-state index contributed by atoms with van der Waals surface area (Å²) in [4.78, 5) is 0. The molecule has 84 valence electrons. The zero-order valence-electron chi connectivity index (χ0n) is 9.56. The first-order valence-electron chi connectivity index (χ1n) is 5.46. The van der Waals surface area contributed by atoms with Gasteiger partial charge in [0.1, 0.15) is 5.76 Å². The molecule has 2 heterocycles. The molecule has 1 saturated heterocycles. The van der Waals surface area contributed by atoms with Gasteiger partial charge in [-0.2, -0.15) is 0 Å². The molecule has 15 heavy (non-hydrogen) atoms. The Hall–Kier alpha value is -0.280. The van der Waals surface area contributed by atoms with Crippen molar-refractivity contribution in [3.63, 3.8) is 0 Å². The third-order valence-corrected chi connectivity index (χ3v) is 4.06. The minimum absolute atomic E-state index is 0.0185. The molecule has 1 aromatic rings. The Labute approximate surface area is 99.6 Å². The maximum absolute atomic E-state index is 5.67. The minimum Gasteiger partial charge on any atom is -0.466 e. The van der Waals surface area contributed by atoms with Crippen molar-refractivity contribution in [3.05, 3.63) is 22.6 Å². The lowest BCUT2D eigenvalue weighted by atomic mass is 9.71. The highest BCUT2D eigenvalue weighted by molar-refractivity contribution is 9.10. The highest BCUT2D eigenvalue weighted by Crippen LogP contribution is 2.47. The van der Waals surface area contributed by atoms with E-state index < -0.39 is 0 Å². The Morgan fingerprint density at radius 1 is 1.47 bits per heavy atom. The van der Waals surface area contributed by atoms with Gasteiger partial charge in [0.2, 0.25) is 0 Å². The molecule has 0 spiro atoms. The molecule has 0 aromatic carbocycles. The summed E-state index contributed by atoms with van der Waals surface area (Å²) in [6.07, 6.45) is 4.11. The number of hydrogen-bond donors (Lipinski definition) is 1. The number of halogens is 1. The predicted molar refractivity (Wildman–Crippen MR) is 64.8 cm³/mol. The lowest BCUT2D eigenvalue weighted by Crippen LogP contribution is -2.48. The van der Waals surface area contributed by atoms with Gasteiger partial charge < -0.3 is 9.73 Å². The Kier molecular flexibility index (Phi) is 2.72. The van der Waals surface area contributed by atoms with Gasteiger partial charge in [-0.1, -0.05) is 20.8 Å². The molecule has 1 aliphatic heterocycles. The van der Waals surface area contributed by atoms with E-state index in [1.807, 2.05) is 6.07 Å². The molecule has 3 heteroatoms. The molecule has 0 amide bonds. The molecule has 2 nitrogen and oxygen atoms in total. The van der Waals surface area contributed by atoms with Crippen LogP contribution in [0.3, 0.4) is 0 Å². The first-order valence-corrected chi connectivity index (χ1v) is 6.25. The molecule has 1 fully saturated rings. The third-order valence-electron chi connectivity index (χ3n) is 3.44. The Balaban J connectivity index is 2.49. The fraction of sp³-hybridized carbons (Fsp3) is 0.667. The predicted octanol–water partition coefficient (Wildman–Crippen LogP) is 3.67. The second kappa shape index (κ2) is 3.63. The highest BCUT2D eigenvalue weighted by atomic mass is 79.9. The molecule has 1 aromatic heterocycles. The van der Waals surface area contributed by atoms with Crippen LogP contribution in [0.5, 0.6) is 0 Å². The minimum atomic E-state index is -0.0185. The lowest BCUT2D eigenvalue weighted by Gasteiger charge is -2.40. The average molecular weight is 272 g/mol. The van der Waals surface area contributed by atoms with Crippen molar-refractivity contribution < 1.29 is 4.42 Å². The Bertz CT molecular complexity index is 345. The maximum Gasteiger partial charge on any atom is 0.138 e. The average Bonchev–Trinajstić information content (AvgIpc) is 2.70. The van der Waals surface area contributed by atoms with E-state index in [0.717, 1.165) is 23.2 Å². The largest absolute Gasteiger partial charge is 0.466 e. The summed E-state index contributed by atoms with van der Waals surface area (Å²) < 4.78 is 6.74. The van der Waals surface area contributed by atoms with Crippen LogP contribution in [0.4, 0.5) is 0 Å². The summed E-state index contributed by atoms with van der Waals surface area (Å²) >= 11 is 3.57. The van der Waals surface area contributed by atoms with Gasteiger partial charge in [-0.25, -0.2) is 0 Å². The van der Waals surface area contributed by atoms with Crippen molar-refractivity contribution in [2.45, 2.75) is 39.2 Å². The molecule has 1 unspecified atom stereocenters. The molecule has 0 bridgehead atoms. The van der Waals surface area contributed by atoms with Crippen LogP contribution in [0.25, 0.3) is 0 Å². The topological polar surface area (TPSA) is 25.2 Å². The first-order chi connectivity index (χ1) is 6.97. The van der Waals surface area contributed by atoms with Crippen molar-refractivity contribution in [1.82, 2.24) is 5.32 Å². The summed E-state index contributed by atoms with van der Waals surface area (Å²) in [5.74, 6) is 1.05. The van der Waals surface area contributed by atoms with Gasteiger partial charge in [0, 0.05) is 0 Å². The first kappa shape index (κ1) is 11.2.